The number of hydrogen-bond donors (Lipinski definition) is 1. The Morgan fingerprint density at radius 2 is 0.912 bits per heavy atom. The van der Waals surface area contributed by atoms with Crippen molar-refractivity contribution in [2.75, 3.05) is 40.9 Å². The fourth-order valence-electron chi connectivity index (χ4n) is 7.51. The molecule has 0 aliphatic rings. The molecule has 1 N–H and O–H groups in total. The highest BCUT2D eigenvalue weighted by Crippen LogP contribution is 2.38. The van der Waals surface area contributed by atoms with Gasteiger partial charge in [-0.15, -0.1) is 0 Å². The van der Waals surface area contributed by atoms with Crippen LogP contribution in [0.5, 0.6) is 0 Å². The zero-order valence-corrected chi connectivity index (χ0v) is 45.7. The van der Waals surface area contributed by atoms with Gasteiger partial charge < -0.3 is 28.5 Å². The van der Waals surface area contributed by atoms with Crippen LogP contribution in [0.1, 0.15) is 233 Å². The van der Waals surface area contributed by atoms with Crippen LogP contribution in [-0.2, 0) is 27.9 Å². The number of esters is 1. The molecule has 3 atom stereocenters. The largest absolute Gasteiger partial charge is 0.756 e. The molecule has 10 heteroatoms. The molecule has 0 heterocycles. The highest BCUT2D eigenvalue weighted by molar-refractivity contribution is 7.45. The summed E-state index contributed by atoms with van der Waals surface area (Å²) < 4.78 is 30.1. The summed E-state index contributed by atoms with van der Waals surface area (Å²) in [7, 11) is 1.14. The Balaban J connectivity index is 5.50. The SMILES string of the molecule is CCCCC/C=C\C/C=C\C/C=C\C/C=C\CCCC(=O)OC(/C=C/CCCCCCCCCCCC)C(COP(=O)([O-])OCC[N+](C)(C)C)NC(=O)CCCCC/C=C\CCCCCCCC. The van der Waals surface area contributed by atoms with E-state index < -0.39 is 32.5 Å². The molecule has 0 spiro atoms. The van der Waals surface area contributed by atoms with Crippen molar-refractivity contribution >= 4 is 19.7 Å². The van der Waals surface area contributed by atoms with Gasteiger partial charge >= 0.3 is 5.97 Å². The van der Waals surface area contributed by atoms with Crippen LogP contribution < -0.4 is 10.2 Å². The van der Waals surface area contributed by atoms with Crippen molar-refractivity contribution in [2.24, 2.45) is 0 Å². The highest BCUT2D eigenvalue weighted by Gasteiger charge is 2.27. The van der Waals surface area contributed by atoms with Gasteiger partial charge in [-0.25, -0.2) is 0 Å². The molecule has 0 aromatic rings. The number of carbonyl (C=O) groups is 2. The minimum absolute atomic E-state index is 0.0356. The van der Waals surface area contributed by atoms with Crippen molar-refractivity contribution in [2.45, 2.75) is 245 Å². The standard InChI is InChI=1S/C58H105N2O7P/c1-7-10-13-16-19-22-25-28-29-30-31-33-36-39-42-45-48-51-58(62)67-56(49-46-43-40-37-34-27-24-21-18-15-12-9-3)55(54-66-68(63,64)65-53-52-60(4,5)6)59-57(61)50-47-44-41-38-35-32-26-23-20-17-14-11-8-2/h19,22,28-29,31-33,35,39,42,46,49,55-56H,7-18,20-21,23-27,30,34,36-38,40-41,43-45,47-48,50-54H2,1-6H3,(H-,59,61,63,64)/b22-19-,29-28-,33-31-,35-32-,42-39-,49-46+. The second-order valence-electron chi connectivity index (χ2n) is 19.7. The van der Waals surface area contributed by atoms with E-state index >= 15 is 0 Å². The lowest BCUT2D eigenvalue weighted by atomic mass is 10.1. The summed E-state index contributed by atoms with van der Waals surface area (Å²) in [5.74, 6) is -0.628. The number of nitrogens with zero attached hydrogens (tertiary/aromatic N) is 1. The number of allylic oxidation sites excluding steroid dienone is 11. The van der Waals surface area contributed by atoms with Crippen LogP contribution >= 0.6 is 7.82 Å². The van der Waals surface area contributed by atoms with Crippen LogP contribution in [0.2, 0.25) is 0 Å². The predicted molar refractivity (Wildman–Crippen MR) is 288 cm³/mol. The fraction of sp³-hybridized carbons (Fsp3) is 0.759. The number of unbranched alkanes of at least 4 members (excludes halogenated alkanes) is 23. The summed E-state index contributed by atoms with van der Waals surface area (Å²) in [4.78, 5) is 39.7. The molecular weight excluding hydrogens is 868 g/mol. The van der Waals surface area contributed by atoms with E-state index in [4.69, 9.17) is 13.8 Å². The second kappa shape index (κ2) is 48.1. The third-order valence-electron chi connectivity index (χ3n) is 11.9. The van der Waals surface area contributed by atoms with E-state index in [0.717, 1.165) is 70.6 Å². The first kappa shape index (κ1) is 65.5. The van der Waals surface area contributed by atoms with E-state index in [-0.39, 0.29) is 25.4 Å². The summed E-state index contributed by atoms with van der Waals surface area (Å²) in [6, 6.07) is -0.918. The number of hydrogen-bond acceptors (Lipinski definition) is 7. The number of nitrogens with one attached hydrogen (secondary N) is 1. The minimum atomic E-state index is -4.71. The highest BCUT2D eigenvalue weighted by atomic mass is 31.2. The maximum absolute atomic E-state index is 13.4. The fourth-order valence-corrected chi connectivity index (χ4v) is 8.23. The van der Waals surface area contributed by atoms with Gasteiger partial charge in [0.1, 0.15) is 19.3 Å². The van der Waals surface area contributed by atoms with E-state index in [2.05, 4.69) is 86.8 Å². The van der Waals surface area contributed by atoms with Gasteiger partial charge in [0, 0.05) is 12.8 Å². The first-order valence-corrected chi connectivity index (χ1v) is 29.2. The average molecular weight is 973 g/mol. The van der Waals surface area contributed by atoms with E-state index in [0.29, 0.717) is 23.9 Å². The van der Waals surface area contributed by atoms with Gasteiger partial charge in [0.2, 0.25) is 5.91 Å². The molecule has 68 heavy (non-hydrogen) atoms. The van der Waals surface area contributed by atoms with Crippen LogP contribution in [-0.4, -0.2) is 69.4 Å². The van der Waals surface area contributed by atoms with Gasteiger partial charge in [-0.05, 0) is 96.0 Å². The number of phosphoric acid groups is 1. The average Bonchev–Trinajstić information content (AvgIpc) is 3.29. The lowest BCUT2D eigenvalue weighted by Gasteiger charge is -2.30. The van der Waals surface area contributed by atoms with Crippen LogP contribution in [0.15, 0.2) is 72.9 Å². The van der Waals surface area contributed by atoms with E-state index in [1.54, 1.807) is 6.08 Å². The summed E-state index contributed by atoms with van der Waals surface area (Å²) >= 11 is 0. The number of ether oxygens (including phenoxy) is 1. The summed E-state index contributed by atoms with van der Waals surface area (Å²) in [5, 5.41) is 2.99. The number of phosphoric ester groups is 1. The minimum Gasteiger partial charge on any atom is -0.756 e. The van der Waals surface area contributed by atoms with Gasteiger partial charge in [0.25, 0.3) is 7.82 Å². The number of rotatable bonds is 49. The molecule has 0 rings (SSSR count). The van der Waals surface area contributed by atoms with Crippen molar-refractivity contribution in [1.82, 2.24) is 5.32 Å². The smallest absolute Gasteiger partial charge is 0.306 e. The molecule has 0 aromatic carbocycles. The molecule has 1 amide bonds. The molecule has 394 valence electrons. The van der Waals surface area contributed by atoms with Crippen molar-refractivity contribution in [1.29, 1.82) is 0 Å². The molecule has 3 unspecified atom stereocenters. The summed E-state index contributed by atoms with van der Waals surface area (Å²) in [6.45, 7) is 6.74. The van der Waals surface area contributed by atoms with Crippen LogP contribution in [0.4, 0.5) is 0 Å². The van der Waals surface area contributed by atoms with E-state index in [1.807, 2.05) is 27.2 Å². The number of carbonyl (C=O) groups excluding carboxylic acids is 2. The molecule has 0 bridgehead atoms. The lowest BCUT2D eigenvalue weighted by molar-refractivity contribution is -0.870. The van der Waals surface area contributed by atoms with Crippen LogP contribution in [0.25, 0.3) is 0 Å². The van der Waals surface area contributed by atoms with Gasteiger partial charge in [-0.3, -0.25) is 14.2 Å². The monoisotopic (exact) mass is 973 g/mol. The molecule has 0 aliphatic carbocycles. The Kier molecular flexibility index (Phi) is 46.3. The third-order valence-corrected chi connectivity index (χ3v) is 12.8. The van der Waals surface area contributed by atoms with Gasteiger partial charge in [0.15, 0.2) is 0 Å². The van der Waals surface area contributed by atoms with Gasteiger partial charge in [-0.2, -0.15) is 0 Å². The molecule has 0 radical (unpaired) electrons. The Bertz CT molecular complexity index is 1400. The maximum atomic E-state index is 13.4. The Morgan fingerprint density at radius 3 is 1.41 bits per heavy atom. The number of amides is 1. The predicted octanol–water partition coefficient (Wildman–Crippen LogP) is 15.9. The Labute approximate surface area is 419 Å². The Hall–Kier alpha value is -2.55. The molecule has 0 aromatic heterocycles. The Morgan fingerprint density at radius 1 is 0.515 bits per heavy atom. The van der Waals surface area contributed by atoms with Crippen molar-refractivity contribution < 1.29 is 37.3 Å². The first-order chi connectivity index (χ1) is 32.9. The van der Waals surface area contributed by atoms with Crippen LogP contribution in [0, 0.1) is 0 Å². The maximum Gasteiger partial charge on any atom is 0.306 e. The second-order valence-corrected chi connectivity index (χ2v) is 21.1. The molecule has 0 saturated carbocycles. The molecule has 0 saturated heterocycles. The number of likely N-dealkylation sites (N-methyl/N-ethyl adjacent to an activating group) is 1. The third kappa shape index (κ3) is 48.5. The van der Waals surface area contributed by atoms with Crippen molar-refractivity contribution in [3.63, 3.8) is 0 Å². The molecule has 0 aliphatic heterocycles. The van der Waals surface area contributed by atoms with E-state index in [1.165, 1.54) is 116 Å². The zero-order chi connectivity index (χ0) is 50.1. The van der Waals surface area contributed by atoms with Gasteiger partial charge in [-0.1, -0.05) is 197 Å². The van der Waals surface area contributed by atoms with E-state index in [9.17, 15) is 19.0 Å². The molecule has 9 nitrogen and oxygen atoms in total. The summed E-state index contributed by atoms with van der Waals surface area (Å²) in [6.07, 6.45) is 60.1. The quantitative estimate of drug-likeness (QED) is 0.0212. The lowest BCUT2D eigenvalue weighted by Crippen LogP contribution is -2.47. The normalized spacial score (nSPS) is 14.4. The van der Waals surface area contributed by atoms with Crippen LogP contribution in [0.3, 0.4) is 0 Å². The van der Waals surface area contributed by atoms with Gasteiger partial charge in [0.05, 0.1) is 33.8 Å². The zero-order valence-electron chi connectivity index (χ0n) is 44.8. The summed E-state index contributed by atoms with van der Waals surface area (Å²) in [5.41, 5.74) is 0. The topological polar surface area (TPSA) is 114 Å². The first-order valence-electron chi connectivity index (χ1n) is 27.7. The molecule has 0 fully saturated rings. The molecular formula is C58H105N2O7P. The number of quaternary nitrogens is 1. The van der Waals surface area contributed by atoms with Crippen molar-refractivity contribution in [3.8, 4) is 0 Å². The van der Waals surface area contributed by atoms with Crippen molar-refractivity contribution in [3.05, 3.63) is 72.9 Å².